The van der Waals surface area contributed by atoms with Gasteiger partial charge in [-0.1, -0.05) is 64.1 Å². The van der Waals surface area contributed by atoms with E-state index in [-0.39, 0.29) is 47.5 Å². The third-order valence-corrected chi connectivity index (χ3v) is 8.20. The molecule has 0 heterocycles. The van der Waals surface area contributed by atoms with Gasteiger partial charge in [-0.2, -0.15) is 0 Å². The Balaban J connectivity index is 0.000000253. The maximum atomic E-state index is 11.3. The molecule has 0 aliphatic heterocycles. The summed E-state index contributed by atoms with van der Waals surface area (Å²) in [6, 6.07) is 18.1. The quantitative estimate of drug-likeness (QED) is 0.229. The van der Waals surface area contributed by atoms with Crippen LogP contribution >= 0.6 is 0 Å². The van der Waals surface area contributed by atoms with E-state index in [1.54, 1.807) is 0 Å². The summed E-state index contributed by atoms with van der Waals surface area (Å²) in [4.78, 5) is -0.184. The Hall–Kier alpha value is -1.52. The molecule has 192 valence electrons. The predicted octanol–water partition coefficient (Wildman–Crippen LogP) is 5.36. The molecule has 6 nitrogen and oxygen atoms in total. The molecule has 4 aromatic carbocycles. The number of benzene rings is 4. The van der Waals surface area contributed by atoms with E-state index in [1.165, 1.54) is 12.1 Å². The van der Waals surface area contributed by atoms with Crippen molar-refractivity contribution in [1.82, 2.24) is 0 Å². The Kier molecular flexibility index (Phi) is 11.2. The minimum atomic E-state index is -4.41. The van der Waals surface area contributed by atoms with Gasteiger partial charge in [-0.15, -0.1) is 0 Å². The molecule has 0 fully saturated rings. The van der Waals surface area contributed by atoms with Gasteiger partial charge in [-0.25, -0.2) is 16.8 Å². The second-order valence-corrected chi connectivity index (χ2v) is 11.2. The van der Waals surface area contributed by atoms with Crippen LogP contribution in [0.3, 0.4) is 0 Å². The van der Waals surface area contributed by atoms with E-state index in [1.807, 2.05) is 62.4 Å². The van der Waals surface area contributed by atoms with Crippen molar-refractivity contribution in [2.24, 2.45) is 0 Å². The smallest absolute Gasteiger partial charge is 0.744 e. The van der Waals surface area contributed by atoms with E-state index >= 15 is 0 Å². The number of hydrogen-bond acceptors (Lipinski definition) is 6. The zero-order chi connectivity index (χ0) is 26.7. The average Bonchev–Trinajstić information content (AvgIpc) is 2.85. The molecule has 0 atom stereocenters. The van der Waals surface area contributed by atoms with Gasteiger partial charge < -0.3 is 9.11 Å². The summed E-state index contributed by atoms with van der Waals surface area (Å²) in [5.41, 5.74) is 3.52. The fourth-order valence-electron chi connectivity index (χ4n) is 4.46. The zero-order valence-electron chi connectivity index (χ0n) is 21.6. The van der Waals surface area contributed by atoms with Gasteiger partial charge in [-0.3, -0.25) is 0 Å². The molecular weight excluding hydrogens is 537 g/mol. The molecule has 0 unspecified atom stereocenters. The van der Waals surface area contributed by atoms with Crippen molar-refractivity contribution in [2.45, 2.75) is 63.2 Å². The third-order valence-electron chi connectivity index (χ3n) is 6.37. The van der Waals surface area contributed by atoms with Crippen LogP contribution in [0.4, 0.5) is 0 Å². The van der Waals surface area contributed by atoms with Crippen LogP contribution in [0.5, 0.6) is 0 Å². The van der Waals surface area contributed by atoms with E-state index in [0.717, 1.165) is 45.5 Å². The van der Waals surface area contributed by atoms with Gasteiger partial charge in [0.25, 0.3) is 0 Å². The maximum Gasteiger partial charge on any atom is 2.00 e. The van der Waals surface area contributed by atoms with Gasteiger partial charge in [0.15, 0.2) is 0 Å². The molecule has 0 amide bonds. The minimum Gasteiger partial charge on any atom is -0.744 e. The zero-order valence-corrected chi connectivity index (χ0v) is 25.4. The van der Waals surface area contributed by atoms with E-state index in [0.29, 0.717) is 24.0 Å². The van der Waals surface area contributed by atoms with Crippen LogP contribution in [-0.2, 0) is 45.9 Å². The molecular formula is C28H30CaO6S2. The summed E-state index contributed by atoms with van der Waals surface area (Å²) in [6.07, 6.45) is 2.82. The molecule has 0 bridgehead atoms. The first-order chi connectivity index (χ1) is 16.9. The summed E-state index contributed by atoms with van der Waals surface area (Å²) in [7, 11) is -8.81. The fourth-order valence-corrected chi connectivity index (χ4v) is 6.05. The Morgan fingerprint density at radius 3 is 1.14 bits per heavy atom. The van der Waals surface area contributed by atoms with Crippen LogP contribution in [0.15, 0.2) is 70.5 Å². The van der Waals surface area contributed by atoms with Gasteiger partial charge in [0.1, 0.15) is 20.2 Å². The Morgan fingerprint density at radius 2 is 0.865 bits per heavy atom. The van der Waals surface area contributed by atoms with Crippen LogP contribution in [0.25, 0.3) is 21.5 Å². The largest absolute Gasteiger partial charge is 2.00 e. The summed E-state index contributed by atoms with van der Waals surface area (Å²) >= 11 is 0. The van der Waals surface area contributed by atoms with Gasteiger partial charge in [-0.05, 0) is 93.7 Å². The monoisotopic (exact) mass is 566 g/mol. The van der Waals surface area contributed by atoms with E-state index in [2.05, 4.69) is 13.8 Å². The second-order valence-electron chi connectivity index (χ2n) is 8.52. The van der Waals surface area contributed by atoms with Crippen LogP contribution in [0.1, 0.15) is 49.9 Å². The van der Waals surface area contributed by atoms with Gasteiger partial charge in [0, 0.05) is 0 Å². The fraction of sp³-hybridized carbons (Fsp3) is 0.286. The third kappa shape index (κ3) is 7.32. The molecule has 0 saturated carbocycles. The SMILES string of the molecule is CCc1cc2c(CC)cccc2cc1S(=O)(=O)[O-].CCc1cc2c(CC)cccc2cc1S(=O)(=O)[O-].[Ca+2]. The number of hydrogen-bond donors (Lipinski definition) is 0. The first-order valence-corrected chi connectivity index (χ1v) is 14.8. The molecule has 0 spiro atoms. The molecule has 0 saturated heterocycles. The number of fused-ring (bicyclic) bond motifs is 2. The van der Waals surface area contributed by atoms with E-state index in [4.69, 9.17) is 0 Å². The van der Waals surface area contributed by atoms with Crippen LogP contribution in [0.2, 0.25) is 0 Å². The first-order valence-electron chi connectivity index (χ1n) is 11.9. The van der Waals surface area contributed by atoms with Crippen molar-refractivity contribution < 1.29 is 25.9 Å². The van der Waals surface area contributed by atoms with E-state index in [9.17, 15) is 25.9 Å². The summed E-state index contributed by atoms with van der Waals surface area (Å²) in [6.45, 7) is 7.81. The van der Waals surface area contributed by atoms with Crippen molar-refractivity contribution in [1.29, 1.82) is 0 Å². The molecule has 0 radical (unpaired) electrons. The number of rotatable bonds is 6. The van der Waals surface area contributed by atoms with Crippen LogP contribution in [-0.4, -0.2) is 63.7 Å². The van der Waals surface area contributed by atoms with Crippen molar-refractivity contribution in [2.75, 3.05) is 0 Å². The molecule has 0 aliphatic rings. The summed E-state index contributed by atoms with van der Waals surface area (Å²) in [5.74, 6) is 0. The summed E-state index contributed by atoms with van der Waals surface area (Å²) < 4.78 is 67.5. The Labute approximate surface area is 249 Å². The summed E-state index contributed by atoms with van der Waals surface area (Å²) in [5, 5.41) is 3.68. The predicted molar refractivity (Wildman–Crippen MR) is 147 cm³/mol. The maximum absolute atomic E-state index is 11.3. The molecule has 9 heteroatoms. The van der Waals surface area contributed by atoms with Crippen molar-refractivity contribution in [3.05, 3.63) is 82.9 Å². The number of aryl methyl sites for hydroxylation is 4. The molecule has 0 aromatic heterocycles. The topological polar surface area (TPSA) is 114 Å². The van der Waals surface area contributed by atoms with E-state index < -0.39 is 20.2 Å². The van der Waals surface area contributed by atoms with Gasteiger partial charge in [0.2, 0.25) is 0 Å². The van der Waals surface area contributed by atoms with Gasteiger partial charge >= 0.3 is 37.7 Å². The Bertz CT molecular complexity index is 1500. The first kappa shape index (κ1) is 31.7. The Morgan fingerprint density at radius 1 is 0.541 bits per heavy atom. The molecule has 37 heavy (non-hydrogen) atoms. The standard InChI is InChI=1S/2C14H16O3S.Ca/c2*1-3-10-6-5-7-12-9-14(18(15,16)17)11(4-2)8-13(10)12;/h2*5-9H,3-4H2,1-2H3,(H,15,16,17);/q;;+2/p-2. The molecule has 0 aliphatic carbocycles. The molecule has 0 N–H and O–H groups in total. The van der Waals surface area contributed by atoms with Crippen molar-refractivity contribution in [3.8, 4) is 0 Å². The normalized spacial score (nSPS) is 11.6. The van der Waals surface area contributed by atoms with Crippen molar-refractivity contribution >= 4 is 79.5 Å². The minimum absolute atomic E-state index is 0. The second kappa shape index (κ2) is 13.0. The molecule has 4 aromatic rings. The van der Waals surface area contributed by atoms with Crippen LogP contribution < -0.4 is 0 Å². The van der Waals surface area contributed by atoms with Crippen molar-refractivity contribution in [3.63, 3.8) is 0 Å². The van der Waals surface area contributed by atoms with Crippen LogP contribution in [0, 0.1) is 0 Å². The van der Waals surface area contributed by atoms with Gasteiger partial charge in [0.05, 0.1) is 9.79 Å². The molecule has 4 rings (SSSR count). The average molecular weight is 567 g/mol.